The molecule has 21 heavy (non-hydrogen) atoms. The molecule has 0 aliphatic rings. The minimum atomic E-state index is -3.69. The molecule has 0 amide bonds. The monoisotopic (exact) mass is 306 g/mol. The largest absolute Gasteiger partial charge is 0.383 e. The van der Waals surface area contributed by atoms with Gasteiger partial charge in [-0.25, -0.2) is 18.1 Å². The number of hydrogen-bond donors (Lipinski definition) is 2. The molecule has 7 heteroatoms. The van der Waals surface area contributed by atoms with E-state index in [1.54, 1.807) is 18.2 Å². The zero-order valence-corrected chi connectivity index (χ0v) is 12.8. The zero-order valence-electron chi connectivity index (χ0n) is 12.0. The molecule has 0 aromatic carbocycles. The lowest BCUT2D eigenvalue weighted by Crippen LogP contribution is -2.25. The first-order chi connectivity index (χ1) is 10.0. The van der Waals surface area contributed by atoms with Crippen molar-refractivity contribution in [3.05, 3.63) is 47.9 Å². The molecule has 2 aromatic heterocycles. The van der Waals surface area contributed by atoms with Gasteiger partial charge in [0.25, 0.3) is 10.0 Å². The van der Waals surface area contributed by atoms with E-state index in [0.717, 1.165) is 5.69 Å². The lowest BCUT2D eigenvalue weighted by Gasteiger charge is -2.11. The number of anilines is 1. The summed E-state index contributed by atoms with van der Waals surface area (Å²) in [6.07, 6.45) is 1.46. The van der Waals surface area contributed by atoms with Crippen molar-refractivity contribution in [1.29, 1.82) is 0 Å². The van der Waals surface area contributed by atoms with Crippen LogP contribution >= 0.6 is 0 Å². The average Bonchev–Trinajstić information content (AvgIpc) is 2.46. The molecule has 0 atom stereocenters. The summed E-state index contributed by atoms with van der Waals surface area (Å²) in [7, 11) is -3.69. The topological polar surface area (TPSA) is 84.0 Å². The molecular formula is C14H18N4O2S. The molecule has 0 saturated carbocycles. The number of aromatic nitrogens is 2. The molecule has 2 heterocycles. The van der Waals surface area contributed by atoms with Crippen LogP contribution in [0.15, 0.2) is 41.6 Å². The standard InChI is InChI=1S/C14H18N4O2S/c1-3-15-13-8-5-9-16-14(13)21(19,20)17-10-12-7-4-6-11(2)18-12/h4-9,15,17H,3,10H2,1-2H3. The van der Waals surface area contributed by atoms with Gasteiger partial charge in [-0.1, -0.05) is 6.07 Å². The van der Waals surface area contributed by atoms with E-state index in [1.807, 2.05) is 26.0 Å². The Morgan fingerprint density at radius 2 is 2.00 bits per heavy atom. The molecule has 6 nitrogen and oxygen atoms in total. The van der Waals surface area contributed by atoms with Gasteiger partial charge in [-0.15, -0.1) is 0 Å². The third-order valence-corrected chi connectivity index (χ3v) is 4.14. The fourth-order valence-corrected chi connectivity index (χ4v) is 2.97. The van der Waals surface area contributed by atoms with Gasteiger partial charge in [-0.3, -0.25) is 4.98 Å². The van der Waals surface area contributed by atoms with E-state index < -0.39 is 10.0 Å². The van der Waals surface area contributed by atoms with Gasteiger partial charge in [0, 0.05) is 18.4 Å². The van der Waals surface area contributed by atoms with E-state index in [2.05, 4.69) is 20.0 Å². The summed E-state index contributed by atoms with van der Waals surface area (Å²) in [4.78, 5) is 8.23. The number of nitrogens with one attached hydrogen (secondary N) is 2. The van der Waals surface area contributed by atoms with Crippen LogP contribution < -0.4 is 10.0 Å². The van der Waals surface area contributed by atoms with Crippen LogP contribution in [0.2, 0.25) is 0 Å². The Kier molecular flexibility index (Phi) is 4.87. The van der Waals surface area contributed by atoms with Crippen LogP contribution in [0.1, 0.15) is 18.3 Å². The maximum Gasteiger partial charge on any atom is 0.260 e. The molecule has 0 aliphatic heterocycles. The fourth-order valence-electron chi connectivity index (χ4n) is 1.87. The van der Waals surface area contributed by atoms with E-state index in [-0.39, 0.29) is 11.6 Å². The maximum absolute atomic E-state index is 12.3. The Balaban J connectivity index is 2.19. The van der Waals surface area contributed by atoms with Crippen molar-refractivity contribution in [3.8, 4) is 0 Å². The van der Waals surface area contributed by atoms with Crippen LogP contribution in [-0.4, -0.2) is 24.9 Å². The number of aryl methyl sites for hydroxylation is 1. The van der Waals surface area contributed by atoms with E-state index in [9.17, 15) is 8.42 Å². The highest BCUT2D eigenvalue weighted by atomic mass is 32.2. The van der Waals surface area contributed by atoms with Crippen LogP contribution in [-0.2, 0) is 16.6 Å². The summed E-state index contributed by atoms with van der Waals surface area (Å²) in [6, 6.07) is 8.87. The Hall–Kier alpha value is -1.99. The lowest BCUT2D eigenvalue weighted by atomic mass is 10.3. The minimum absolute atomic E-state index is 0.000460. The molecule has 0 aliphatic carbocycles. The Bertz CT molecular complexity index is 716. The smallest absolute Gasteiger partial charge is 0.260 e. The summed E-state index contributed by atoms with van der Waals surface area (Å²) < 4.78 is 27.2. The summed E-state index contributed by atoms with van der Waals surface area (Å²) in [5.74, 6) is 0. The first-order valence-corrected chi connectivity index (χ1v) is 8.12. The quantitative estimate of drug-likeness (QED) is 0.848. The summed E-state index contributed by atoms with van der Waals surface area (Å²) in [6.45, 7) is 4.51. The molecule has 0 saturated heterocycles. The highest BCUT2D eigenvalue weighted by molar-refractivity contribution is 7.89. The van der Waals surface area contributed by atoms with Crippen molar-refractivity contribution < 1.29 is 8.42 Å². The Morgan fingerprint density at radius 3 is 2.71 bits per heavy atom. The molecular weight excluding hydrogens is 288 g/mol. The first-order valence-electron chi connectivity index (χ1n) is 6.64. The average molecular weight is 306 g/mol. The number of hydrogen-bond acceptors (Lipinski definition) is 5. The molecule has 2 rings (SSSR count). The lowest BCUT2D eigenvalue weighted by molar-refractivity contribution is 0.577. The Labute approximate surface area is 124 Å². The predicted molar refractivity (Wildman–Crippen MR) is 81.4 cm³/mol. The van der Waals surface area contributed by atoms with Gasteiger partial charge in [0.2, 0.25) is 0 Å². The maximum atomic E-state index is 12.3. The normalized spacial score (nSPS) is 11.3. The van der Waals surface area contributed by atoms with Crippen molar-refractivity contribution in [3.63, 3.8) is 0 Å². The van der Waals surface area contributed by atoms with Crippen molar-refractivity contribution in [2.75, 3.05) is 11.9 Å². The van der Waals surface area contributed by atoms with E-state index in [4.69, 9.17) is 0 Å². The van der Waals surface area contributed by atoms with Crippen LogP contribution in [0.25, 0.3) is 0 Å². The van der Waals surface area contributed by atoms with E-state index in [0.29, 0.717) is 17.9 Å². The SMILES string of the molecule is CCNc1cccnc1S(=O)(=O)NCc1cccc(C)n1. The predicted octanol–water partition coefficient (Wildman–Crippen LogP) is 1.70. The molecule has 0 radical (unpaired) electrons. The van der Waals surface area contributed by atoms with E-state index in [1.165, 1.54) is 6.20 Å². The molecule has 0 unspecified atom stereocenters. The van der Waals surface area contributed by atoms with Gasteiger partial charge >= 0.3 is 0 Å². The van der Waals surface area contributed by atoms with Crippen LogP contribution in [0.5, 0.6) is 0 Å². The second-order valence-corrected chi connectivity index (χ2v) is 6.16. The summed E-state index contributed by atoms with van der Waals surface area (Å²) >= 11 is 0. The molecule has 112 valence electrons. The van der Waals surface area contributed by atoms with Gasteiger partial charge in [-0.2, -0.15) is 0 Å². The van der Waals surface area contributed by atoms with Gasteiger partial charge in [-0.05, 0) is 38.1 Å². The second kappa shape index (κ2) is 6.64. The Morgan fingerprint density at radius 1 is 1.19 bits per heavy atom. The van der Waals surface area contributed by atoms with Crippen molar-refractivity contribution >= 4 is 15.7 Å². The zero-order chi connectivity index (χ0) is 15.3. The summed E-state index contributed by atoms with van der Waals surface area (Å²) in [5.41, 5.74) is 2.00. The van der Waals surface area contributed by atoms with Gasteiger partial charge in [0.1, 0.15) is 0 Å². The first kappa shape index (κ1) is 15.4. The van der Waals surface area contributed by atoms with Crippen LogP contribution in [0.4, 0.5) is 5.69 Å². The third-order valence-electron chi connectivity index (χ3n) is 2.78. The second-order valence-electron chi connectivity index (χ2n) is 4.48. The minimum Gasteiger partial charge on any atom is -0.383 e. The third kappa shape index (κ3) is 3.99. The van der Waals surface area contributed by atoms with Crippen molar-refractivity contribution in [2.24, 2.45) is 0 Å². The van der Waals surface area contributed by atoms with Crippen molar-refractivity contribution in [2.45, 2.75) is 25.4 Å². The molecule has 0 spiro atoms. The number of nitrogens with zero attached hydrogens (tertiary/aromatic N) is 2. The number of sulfonamides is 1. The molecule has 2 N–H and O–H groups in total. The molecule has 0 fully saturated rings. The molecule has 2 aromatic rings. The summed E-state index contributed by atoms with van der Waals surface area (Å²) in [5, 5.41) is 2.99. The van der Waals surface area contributed by atoms with Crippen molar-refractivity contribution in [1.82, 2.24) is 14.7 Å². The van der Waals surface area contributed by atoms with Gasteiger partial charge in [0.05, 0.1) is 17.9 Å². The number of pyridine rings is 2. The van der Waals surface area contributed by atoms with Gasteiger partial charge in [0.15, 0.2) is 5.03 Å². The fraction of sp³-hybridized carbons (Fsp3) is 0.286. The highest BCUT2D eigenvalue weighted by Gasteiger charge is 2.19. The van der Waals surface area contributed by atoms with Gasteiger partial charge < -0.3 is 5.32 Å². The highest BCUT2D eigenvalue weighted by Crippen LogP contribution is 2.17. The van der Waals surface area contributed by atoms with Crippen LogP contribution in [0, 0.1) is 6.92 Å². The van der Waals surface area contributed by atoms with E-state index >= 15 is 0 Å². The molecule has 0 bridgehead atoms. The number of rotatable bonds is 6. The van der Waals surface area contributed by atoms with Crippen LogP contribution in [0.3, 0.4) is 0 Å².